The maximum Gasteiger partial charge on any atom is 0.257 e. The summed E-state index contributed by atoms with van der Waals surface area (Å²) in [6.07, 6.45) is 1.40. The van der Waals surface area contributed by atoms with E-state index in [9.17, 15) is 9.18 Å². The molecule has 2 aromatic rings. The van der Waals surface area contributed by atoms with Crippen LogP contribution in [0.3, 0.4) is 0 Å². The Morgan fingerprint density at radius 2 is 2.16 bits per heavy atom. The molecular formula is C13H10BrFN2O2. The molecule has 0 atom stereocenters. The molecule has 1 aromatic carbocycles. The molecule has 98 valence electrons. The Kier molecular flexibility index (Phi) is 4.11. The van der Waals surface area contributed by atoms with Gasteiger partial charge in [-0.2, -0.15) is 0 Å². The van der Waals surface area contributed by atoms with E-state index in [-0.39, 0.29) is 5.69 Å². The molecule has 1 heterocycles. The molecule has 0 unspecified atom stereocenters. The summed E-state index contributed by atoms with van der Waals surface area (Å²) in [6, 6.07) is 7.35. The summed E-state index contributed by atoms with van der Waals surface area (Å²) in [5.74, 6) is -0.503. The second-order valence-electron chi connectivity index (χ2n) is 3.67. The van der Waals surface area contributed by atoms with Crippen LogP contribution in [0.15, 0.2) is 41.1 Å². The van der Waals surface area contributed by atoms with Crippen molar-refractivity contribution in [3.63, 3.8) is 0 Å². The minimum Gasteiger partial charge on any atom is -0.497 e. The van der Waals surface area contributed by atoms with Crippen molar-refractivity contribution in [3.8, 4) is 5.75 Å². The molecule has 0 spiro atoms. The van der Waals surface area contributed by atoms with E-state index in [1.165, 1.54) is 31.5 Å². The van der Waals surface area contributed by atoms with Gasteiger partial charge in [0.25, 0.3) is 5.91 Å². The molecule has 1 N–H and O–H groups in total. The van der Waals surface area contributed by atoms with Crippen LogP contribution in [0.1, 0.15) is 10.4 Å². The molecule has 0 fully saturated rings. The molecule has 6 heteroatoms. The zero-order chi connectivity index (χ0) is 13.8. The van der Waals surface area contributed by atoms with Gasteiger partial charge < -0.3 is 10.1 Å². The number of carbonyl (C=O) groups excluding carboxylic acids is 1. The van der Waals surface area contributed by atoms with Gasteiger partial charge in [0.05, 0.1) is 18.4 Å². The molecular weight excluding hydrogens is 315 g/mol. The minimum absolute atomic E-state index is 0.0623. The van der Waals surface area contributed by atoms with E-state index in [0.717, 1.165) is 0 Å². The van der Waals surface area contributed by atoms with Crippen molar-refractivity contribution < 1.29 is 13.9 Å². The van der Waals surface area contributed by atoms with Gasteiger partial charge in [-0.3, -0.25) is 4.79 Å². The minimum atomic E-state index is -0.528. The highest BCUT2D eigenvalue weighted by Crippen LogP contribution is 2.21. The number of benzene rings is 1. The van der Waals surface area contributed by atoms with E-state index < -0.39 is 11.7 Å². The standard InChI is InChI=1S/C13H10BrFN2O2/c1-19-9-3-4-10(15)11(6-9)17-13(18)8-2-5-12(14)16-7-8/h2-7H,1H3,(H,17,18). The predicted molar refractivity (Wildman–Crippen MR) is 72.8 cm³/mol. The van der Waals surface area contributed by atoms with E-state index in [2.05, 4.69) is 26.2 Å². The molecule has 0 radical (unpaired) electrons. The van der Waals surface area contributed by atoms with Gasteiger partial charge in [-0.15, -0.1) is 0 Å². The lowest BCUT2D eigenvalue weighted by molar-refractivity contribution is 0.102. The van der Waals surface area contributed by atoms with E-state index >= 15 is 0 Å². The second kappa shape index (κ2) is 5.79. The van der Waals surface area contributed by atoms with Crippen LogP contribution < -0.4 is 10.1 Å². The van der Waals surface area contributed by atoms with Gasteiger partial charge in [0.2, 0.25) is 0 Å². The molecule has 1 amide bonds. The van der Waals surface area contributed by atoms with Crippen molar-refractivity contribution in [2.75, 3.05) is 12.4 Å². The number of hydrogen-bond donors (Lipinski definition) is 1. The molecule has 0 aliphatic heterocycles. The highest BCUT2D eigenvalue weighted by Gasteiger charge is 2.10. The first-order valence-corrected chi connectivity index (χ1v) is 6.16. The number of methoxy groups -OCH3 is 1. The van der Waals surface area contributed by atoms with Crippen molar-refractivity contribution in [1.82, 2.24) is 4.98 Å². The third-order valence-electron chi connectivity index (χ3n) is 2.41. The van der Waals surface area contributed by atoms with E-state index in [1.807, 2.05) is 0 Å². The van der Waals surface area contributed by atoms with Gasteiger partial charge in [0.15, 0.2) is 0 Å². The normalized spacial score (nSPS) is 10.1. The van der Waals surface area contributed by atoms with Crippen LogP contribution in [0.25, 0.3) is 0 Å². The topological polar surface area (TPSA) is 51.2 Å². The van der Waals surface area contributed by atoms with Crippen molar-refractivity contribution in [1.29, 1.82) is 0 Å². The van der Waals surface area contributed by atoms with Crippen molar-refractivity contribution in [2.24, 2.45) is 0 Å². The van der Waals surface area contributed by atoms with Crippen LogP contribution in [0, 0.1) is 5.82 Å². The zero-order valence-electron chi connectivity index (χ0n) is 9.98. The van der Waals surface area contributed by atoms with Crippen LogP contribution in [0.5, 0.6) is 5.75 Å². The van der Waals surface area contributed by atoms with Crippen LogP contribution in [0.4, 0.5) is 10.1 Å². The Bertz CT molecular complexity index is 602. The summed E-state index contributed by atoms with van der Waals surface area (Å²) in [5.41, 5.74) is 0.401. The lowest BCUT2D eigenvalue weighted by Crippen LogP contribution is -2.13. The third kappa shape index (κ3) is 3.29. The largest absolute Gasteiger partial charge is 0.497 e. The summed E-state index contributed by atoms with van der Waals surface area (Å²) in [7, 11) is 1.47. The third-order valence-corrected chi connectivity index (χ3v) is 2.88. The zero-order valence-corrected chi connectivity index (χ0v) is 11.6. The summed E-state index contributed by atoms with van der Waals surface area (Å²) in [6.45, 7) is 0. The number of hydrogen-bond acceptors (Lipinski definition) is 3. The number of anilines is 1. The molecule has 0 aliphatic carbocycles. The molecule has 1 aromatic heterocycles. The van der Waals surface area contributed by atoms with Gasteiger partial charge in [0, 0.05) is 12.3 Å². The number of aromatic nitrogens is 1. The first-order valence-electron chi connectivity index (χ1n) is 5.36. The second-order valence-corrected chi connectivity index (χ2v) is 4.48. The van der Waals surface area contributed by atoms with Crippen molar-refractivity contribution in [2.45, 2.75) is 0 Å². The summed E-state index contributed by atoms with van der Waals surface area (Å²) < 4.78 is 19.2. The first kappa shape index (κ1) is 13.5. The maximum absolute atomic E-state index is 13.6. The van der Waals surface area contributed by atoms with Gasteiger partial charge in [0.1, 0.15) is 16.2 Å². The first-order chi connectivity index (χ1) is 9.10. The molecule has 19 heavy (non-hydrogen) atoms. The Hall–Kier alpha value is -1.95. The van der Waals surface area contributed by atoms with Crippen molar-refractivity contribution in [3.05, 3.63) is 52.5 Å². The van der Waals surface area contributed by atoms with Crippen LogP contribution in [-0.2, 0) is 0 Å². The SMILES string of the molecule is COc1ccc(F)c(NC(=O)c2ccc(Br)nc2)c1. The lowest BCUT2D eigenvalue weighted by atomic mass is 10.2. The van der Waals surface area contributed by atoms with Gasteiger partial charge >= 0.3 is 0 Å². The number of ether oxygens (including phenoxy) is 1. The molecule has 0 saturated carbocycles. The number of pyridine rings is 1. The molecule has 0 aliphatic rings. The number of amides is 1. The molecule has 0 saturated heterocycles. The smallest absolute Gasteiger partial charge is 0.257 e. The van der Waals surface area contributed by atoms with Gasteiger partial charge in [-0.1, -0.05) is 0 Å². The Morgan fingerprint density at radius 3 is 2.79 bits per heavy atom. The van der Waals surface area contributed by atoms with Crippen molar-refractivity contribution >= 4 is 27.5 Å². The van der Waals surface area contributed by atoms with E-state index in [4.69, 9.17) is 4.74 Å². The molecule has 0 bridgehead atoms. The highest BCUT2D eigenvalue weighted by atomic mass is 79.9. The number of nitrogens with one attached hydrogen (secondary N) is 1. The van der Waals surface area contributed by atoms with Gasteiger partial charge in [-0.25, -0.2) is 9.37 Å². The molecule has 2 rings (SSSR count). The van der Waals surface area contributed by atoms with Gasteiger partial charge in [-0.05, 0) is 40.2 Å². The fourth-order valence-electron chi connectivity index (χ4n) is 1.43. The van der Waals surface area contributed by atoms with Crippen LogP contribution in [-0.4, -0.2) is 18.0 Å². The Balaban J connectivity index is 2.21. The Morgan fingerprint density at radius 1 is 1.37 bits per heavy atom. The average Bonchev–Trinajstić information content (AvgIpc) is 2.42. The predicted octanol–water partition coefficient (Wildman–Crippen LogP) is 3.24. The average molecular weight is 325 g/mol. The number of rotatable bonds is 3. The number of halogens is 2. The van der Waals surface area contributed by atoms with E-state index in [1.54, 1.807) is 12.1 Å². The fourth-order valence-corrected chi connectivity index (χ4v) is 1.67. The number of nitrogens with zero attached hydrogens (tertiary/aromatic N) is 1. The molecule has 4 nitrogen and oxygen atoms in total. The Labute approximate surface area is 117 Å². The monoisotopic (exact) mass is 324 g/mol. The quantitative estimate of drug-likeness (QED) is 0.882. The highest BCUT2D eigenvalue weighted by molar-refractivity contribution is 9.10. The van der Waals surface area contributed by atoms with E-state index in [0.29, 0.717) is 15.9 Å². The fraction of sp³-hybridized carbons (Fsp3) is 0.0769. The van der Waals surface area contributed by atoms with Crippen LogP contribution in [0.2, 0.25) is 0 Å². The maximum atomic E-state index is 13.6. The number of carbonyl (C=O) groups is 1. The summed E-state index contributed by atoms with van der Waals surface area (Å²) in [5, 5.41) is 2.47. The summed E-state index contributed by atoms with van der Waals surface area (Å²) >= 11 is 3.17. The summed E-state index contributed by atoms with van der Waals surface area (Å²) in [4.78, 5) is 15.8. The van der Waals surface area contributed by atoms with Crippen LogP contribution >= 0.6 is 15.9 Å². The lowest BCUT2D eigenvalue weighted by Gasteiger charge is -2.08.